The summed E-state index contributed by atoms with van der Waals surface area (Å²) in [5, 5.41) is 5.72. The highest BCUT2D eigenvalue weighted by atomic mass is 127. The van der Waals surface area contributed by atoms with Crippen LogP contribution in [0.3, 0.4) is 0 Å². The molecular formula is C16H24IN5O2. The number of nitrogens with two attached hydrogens (primary N) is 1. The fraction of sp³-hybridized carbons (Fsp3) is 0.438. The van der Waals surface area contributed by atoms with Crippen molar-refractivity contribution in [2.45, 2.75) is 26.4 Å². The van der Waals surface area contributed by atoms with Gasteiger partial charge in [-0.3, -0.25) is 9.59 Å². The zero-order valence-electron chi connectivity index (χ0n) is 13.9. The Morgan fingerprint density at radius 3 is 2.62 bits per heavy atom. The minimum absolute atomic E-state index is 0. The summed E-state index contributed by atoms with van der Waals surface area (Å²) in [5.74, 6) is 0.152. The lowest BCUT2D eigenvalue weighted by Gasteiger charge is -2.26. The number of carbonyl (C=O) groups is 2. The standard InChI is InChI=1S/C16H23N5O2.HI/c1-11(2)20-16(17)19-9-12-3-5-13(6-4-12)15(23)21-8-7-18-14(22)10-21;/h3-6,11H,7-10H2,1-2H3,(H,18,22)(H3,17,19,20);1H. The molecule has 2 rings (SSSR count). The van der Waals surface area contributed by atoms with Gasteiger partial charge in [-0.05, 0) is 31.5 Å². The van der Waals surface area contributed by atoms with Crippen molar-refractivity contribution in [2.24, 2.45) is 10.7 Å². The van der Waals surface area contributed by atoms with Crippen LogP contribution in [0.15, 0.2) is 29.3 Å². The highest BCUT2D eigenvalue weighted by Crippen LogP contribution is 2.09. The van der Waals surface area contributed by atoms with E-state index in [4.69, 9.17) is 5.73 Å². The minimum atomic E-state index is -0.129. The Kier molecular flexibility index (Phi) is 7.96. The van der Waals surface area contributed by atoms with Gasteiger partial charge in [0.15, 0.2) is 5.96 Å². The van der Waals surface area contributed by atoms with E-state index in [-0.39, 0.29) is 48.4 Å². The smallest absolute Gasteiger partial charge is 0.254 e. The van der Waals surface area contributed by atoms with Gasteiger partial charge in [0.25, 0.3) is 5.91 Å². The number of nitrogens with one attached hydrogen (secondary N) is 2. The molecule has 1 aliphatic heterocycles. The monoisotopic (exact) mass is 445 g/mol. The zero-order valence-corrected chi connectivity index (χ0v) is 16.2. The first-order valence-corrected chi connectivity index (χ1v) is 7.67. The summed E-state index contributed by atoms with van der Waals surface area (Å²) in [6.45, 7) is 5.58. The maximum atomic E-state index is 12.3. The molecule has 0 unspecified atom stereocenters. The second kappa shape index (κ2) is 9.45. The molecular weight excluding hydrogens is 421 g/mol. The highest BCUT2D eigenvalue weighted by Gasteiger charge is 2.21. The minimum Gasteiger partial charge on any atom is -0.370 e. The molecule has 0 spiro atoms. The van der Waals surface area contributed by atoms with Gasteiger partial charge in [0, 0.05) is 24.7 Å². The van der Waals surface area contributed by atoms with Gasteiger partial charge < -0.3 is 21.3 Å². The first-order valence-electron chi connectivity index (χ1n) is 7.67. The second-order valence-corrected chi connectivity index (χ2v) is 5.77. The van der Waals surface area contributed by atoms with Crippen LogP contribution < -0.4 is 16.4 Å². The first-order chi connectivity index (χ1) is 11.0. The lowest BCUT2D eigenvalue weighted by molar-refractivity contribution is -0.123. The van der Waals surface area contributed by atoms with Crippen molar-refractivity contribution >= 4 is 41.8 Å². The summed E-state index contributed by atoms with van der Waals surface area (Å²) in [4.78, 5) is 29.5. The molecule has 8 heteroatoms. The molecule has 0 aliphatic carbocycles. The molecule has 0 bridgehead atoms. The molecule has 1 fully saturated rings. The number of benzene rings is 1. The first kappa shape index (κ1) is 20.2. The SMILES string of the molecule is CC(C)NC(N)=NCc1ccc(C(=O)N2CCNC(=O)C2)cc1.I. The Hall–Kier alpha value is -1.84. The number of halogens is 1. The maximum absolute atomic E-state index is 12.3. The van der Waals surface area contributed by atoms with Crippen LogP contribution in [0, 0.1) is 0 Å². The number of hydrogen-bond acceptors (Lipinski definition) is 3. The summed E-state index contributed by atoms with van der Waals surface area (Å²) < 4.78 is 0. The predicted octanol–water partition coefficient (Wildman–Crippen LogP) is 0.689. The summed E-state index contributed by atoms with van der Waals surface area (Å²) in [6.07, 6.45) is 0. The number of rotatable bonds is 4. The van der Waals surface area contributed by atoms with Gasteiger partial charge >= 0.3 is 0 Å². The molecule has 0 aromatic heterocycles. The molecule has 0 atom stereocenters. The summed E-state index contributed by atoms with van der Waals surface area (Å²) in [7, 11) is 0. The Morgan fingerprint density at radius 1 is 1.38 bits per heavy atom. The maximum Gasteiger partial charge on any atom is 0.254 e. The van der Waals surface area contributed by atoms with Crippen LogP contribution in [0.1, 0.15) is 29.8 Å². The molecule has 2 amide bonds. The van der Waals surface area contributed by atoms with E-state index in [1.165, 1.54) is 0 Å². The number of nitrogens with zero attached hydrogens (tertiary/aromatic N) is 2. The number of piperazine rings is 1. The zero-order chi connectivity index (χ0) is 16.8. The van der Waals surface area contributed by atoms with Crippen molar-refractivity contribution in [1.82, 2.24) is 15.5 Å². The average molecular weight is 445 g/mol. The third-order valence-corrected chi connectivity index (χ3v) is 3.39. The highest BCUT2D eigenvalue weighted by molar-refractivity contribution is 14.0. The van der Waals surface area contributed by atoms with Crippen molar-refractivity contribution in [2.75, 3.05) is 19.6 Å². The number of guanidine groups is 1. The lowest BCUT2D eigenvalue weighted by atomic mass is 10.1. The molecule has 1 aromatic rings. The molecule has 7 nitrogen and oxygen atoms in total. The Labute approximate surface area is 159 Å². The van der Waals surface area contributed by atoms with Crippen LogP contribution in [0.25, 0.3) is 0 Å². The van der Waals surface area contributed by atoms with Crippen LogP contribution in [-0.2, 0) is 11.3 Å². The van der Waals surface area contributed by atoms with E-state index in [0.29, 0.717) is 31.2 Å². The largest absolute Gasteiger partial charge is 0.370 e. The van der Waals surface area contributed by atoms with E-state index < -0.39 is 0 Å². The summed E-state index contributed by atoms with van der Waals surface area (Å²) in [5.41, 5.74) is 7.29. The fourth-order valence-corrected chi connectivity index (χ4v) is 2.27. The Morgan fingerprint density at radius 2 is 2.04 bits per heavy atom. The van der Waals surface area contributed by atoms with E-state index >= 15 is 0 Å². The Balaban J connectivity index is 0.00000288. The van der Waals surface area contributed by atoms with Gasteiger partial charge in [-0.2, -0.15) is 0 Å². The molecule has 24 heavy (non-hydrogen) atoms. The number of amides is 2. The molecule has 132 valence electrons. The van der Waals surface area contributed by atoms with Crippen molar-refractivity contribution in [1.29, 1.82) is 0 Å². The summed E-state index contributed by atoms with van der Waals surface area (Å²) >= 11 is 0. The van der Waals surface area contributed by atoms with Crippen LogP contribution in [0.5, 0.6) is 0 Å². The van der Waals surface area contributed by atoms with E-state index in [1.807, 2.05) is 26.0 Å². The third-order valence-electron chi connectivity index (χ3n) is 3.39. The summed E-state index contributed by atoms with van der Waals surface area (Å²) in [6, 6.07) is 7.45. The van der Waals surface area contributed by atoms with Gasteiger partial charge in [-0.15, -0.1) is 24.0 Å². The number of aliphatic imine (C=N–C) groups is 1. The topological polar surface area (TPSA) is 99.8 Å². The van der Waals surface area contributed by atoms with Crippen molar-refractivity contribution in [3.63, 3.8) is 0 Å². The van der Waals surface area contributed by atoms with Gasteiger partial charge in [-0.25, -0.2) is 4.99 Å². The van der Waals surface area contributed by atoms with Crippen LogP contribution in [0.4, 0.5) is 0 Å². The number of carbonyl (C=O) groups excluding carboxylic acids is 2. The quantitative estimate of drug-likeness (QED) is 0.361. The van der Waals surface area contributed by atoms with E-state index in [2.05, 4.69) is 15.6 Å². The van der Waals surface area contributed by atoms with Crippen molar-refractivity contribution in [3.05, 3.63) is 35.4 Å². The number of hydrogen-bond donors (Lipinski definition) is 3. The van der Waals surface area contributed by atoms with E-state index in [1.54, 1.807) is 17.0 Å². The molecule has 1 aliphatic rings. The molecule has 1 saturated heterocycles. The molecule has 0 saturated carbocycles. The molecule has 1 heterocycles. The Bertz CT molecular complexity index is 601. The normalized spacial score (nSPS) is 14.9. The van der Waals surface area contributed by atoms with Crippen molar-refractivity contribution in [3.8, 4) is 0 Å². The van der Waals surface area contributed by atoms with Gasteiger partial charge in [0.1, 0.15) is 0 Å². The molecule has 1 aromatic carbocycles. The van der Waals surface area contributed by atoms with Crippen LogP contribution in [-0.4, -0.2) is 48.3 Å². The van der Waals surface area contributed by atoms with Gasteiger partial charge in [-0.1, -0.05) is 12.1 Å². The fourth-order valence-electron chi connectivity index (χ4n) is 2.27. The molecule has 0 radical (unpaired) electrons. The van der Waals surface area contributed by atoms with Crippen molar-refractivity contribution < 1.29 is 9.59 Å². The molecule has 4 N–H and O–H groups in total. The van der Waals surface area contributed by atoms with Crippen LogP contribution >= 0.6 is 24.0 Å². The van der Waals surface area contributed by atoms with E-state index in [0.717, 1.165) is 5.56 Å². The third kappa shape index (κ3) is 5.99. The van der Waals surface area contributed by atoms with E-state index in [9.17, 15) is 9.59 Å². The lowest BCUT2D eigenvalue weighted by Crippen LogP contribution is -2.49. The van der Waals surface area contributed by atoms with Crippen LogP contribution in [0.2, 0.25) is 0 Å². The van der Waals surface area contributed by atoms with Gasteiger partial charge in [0.2, 0.25) is 5.91 Å². The average Bonchev–Trinajstić information content (AvgIpc) is 2.52. The predicted molar refractivity (Wildman–Crippen MR) is 104 cm³/mol. The second-order valence-electron chi connectivity index (χ2n) is 5.77. The van der Waals surface area contributed by atoms with Gasteiger partial charge in [0.05, 0.1) is 13.1 Å².